The third-order valence-electron chi connectivity index (χ3n) is 5.02. The molecule has 0 spiro atoms. The summed E-state index contributed by atoms with van der Waals surface area (Å²) in [6, 6.07) is 17.0. The van der Waals surface area contributed by atoms with Crippen molar-refractivity contribution in [3.63, 3.8) is 0 Å². The van der Waals surface area contributed by atoms with Crippen molar-refractivity contribution in [3.05, 3.63) is 71.3 Å². The predicted octanol–water partition coefficient (Wildman–Crippen LogP) is 3.52. The highest BCUT2D eigenvalue weighted by Crippen LogP contribution is 2.23. The van der Waals surface area contributed by atoms with Crippen LogP contribution in [0.4, 0.5) is 0 Å². The molecule has 0 heterocycles. The second-order valence-corrected chi connectivity index (χ2v) is 9.44. The SMILES string of the molecule is Cc1cc(C(=O)NCCOc2ccc3ccccc3c2)cc(S(=O)(=O)N(C)C)c1C. The van der Waals surface area contributed by atoms with E-state index >= 15 is 0 Å². The Morgan fingerprint density at radius 3 is 2.40 bits per heavy atom. The van der Waals surface area contributed by atoms with E-state index in [0.717, 1.165) is 26.4 Å². The number of carbonyl (C=O) groups excluding carboxylic acids is 1. The first-order valence-corrected chi connectivity index (χ1v) is 11.1. The summed E-state index contributed by atoms with van der Waals surface area (Å²) in [5, 5.41) is 5.01. The zero-order valence-corrected chi connectivity index (χ0v) is 18.4. The van der Waals surface area contributed by atoms with Crippen molar-refractivity contribution in [2.24, 2.45) is 0 Å². The summed E-state index contributed by atoms with van der Waals surface area (Å²) in [5.74, 6) is 0.393. The molecule has 0 aromatic heterocycles. The average Bonchev–Trinajstić information content (AvgIpc) is 2.72. The lowest BCUT2D eigenvalue weighted by Gasteiger charge is -2.16. The molecule has 0 aliphatic heterocycles. The van der Waals surface area contributed by atoms with Gasteiger partial charge < -0.3 is 10.1 Å². The molecule has 3 aromatic rings. The number of rotatable bonds is 7. The van der Waals surface area contributed by atoms with Crippen molar-refractivity contribution in [1.29, 1.82) is 0 Å². The van der Waals surface area contributed by atoms with E-state index in [2.05, 4.69) is 5.32 Å². The van der Waals surface area contributed by atoms with Crippen LogP contribution in [-0.4, -0.2) is 45.9 Å². The van der Waals surface area contributed by atoms with Gasteiger partial charge in [-0.25, -0.2) is 12.7 Å². The molecular formula is C23H26N2O4S. The molecule has 0 aliphatic carbocycles. The molecule has 3 aromatic carbocycles. The van der Waals surface area contributed by atoms with E-state index in [1.807, 2.05) is 42.5 Å². The molecule has 0 unspecified atom stereocenters. The Kier molecular flexibility index (Phi) is 6.43. The van der Waals surface area contributed by atoms with Crippen LogP contribution in [0, 0.1) is 13.8 Å². The van der Waals surface area contributed by atoms with Crippen LogP contribution in [0.5, 0.6) is 5.75 Å². The van der Waals surface area contributed by atoms with Crippen molar-refractivity contribution in [2.75, 3.05) is 27.2 Å². The number of carbonyl (C=O) groups is 1. The van der Waals surface area contributed by atoms with Crippen molar-refractivity contribution < 1.29 is 17.9 Å². The van der Waals surface area contributed by atoms with Gasteiger partial charge >= 0.3 is 0 Å². The van der Waals surface area contributed by atoms with Crippen molar-refractivity contribution in [1.82, 2.24) is 9.62 Å². The van der Waals surface area contributed by atoms with E-state index in [1.165, 1.54) is 20.2 Å². The molecule has 158 valence electrons. The Labute approximate surface area is 177 Å². The first-order chi connectivity index (χ1) is 14.2. The molecule has 0 saturated heterocycles. The van der Waals surface area contributed by atoms with Gasteiger partial charge in [0, 0.05) is 19.7 Å². The number of ether oxygens (including phenoxy) is 1. The number of benzene rings is 3. The summed E-state index contributed by atoms with van der Waals surface area (Å²) < 4.78 is 32.0. The highest BCUT2D eigenvalue weighted by molar-refractivity contribution is 7.89. The molecule has 1 amide bonds. The minimum absolute atomic E-state index is 0.144. The zero-order chi connectivity index (χ0) is 21.9. The van der Waals surface area contributed by atoms with Gasteiger partial charge in [0.05, 0.1) is 11.4 Å². The summed E-state index contributed by atoms with van der Waals surface area (Å²) in [6.45, 7) is 4.14. The van der Waals surface area contributed by atoms with E-state index in [-0.39, 0.29) is 10.8 Å². The quantitative estimate of drug-likeness (QED) is 0.587. The fraction of sp³-hybridized carbons (Fsp3) is 0.261. The Morgan fingerprint density at radius 1 is 1.00 bits per heavy atom. The van der Waals surface area contributed by atoms with Gasteiger partial charge in [0.2, 0.25) is 10.0 Å². The van der Waals surface area contributed by atoms with Gasteiger partial charge in [-0.05, 0) is 60.0 Å². The van der Waals surface area contributed by atoms with Gasteiger partial charge in [-0.3, -0.25) is 4.79 Å². The van der Waals surface area contributed by atoms with Crippen molar-refractivity contribution in [2.45, 2.75) is 18.7 Å². The van der Waals surface area contributed by atoms with Crippen molar-refractivity contribution >= 4 is 26.7 Å². The number of nitrogens with one attached hydrogen (secondary N) is 1. The van der Waals surface area contributed by atoms with Crippen molar-refractivity contribution in [3.8, 4) is 5.75 Å². The van der Waals surface area contributed by atoms with E-state index in [4.69, 9.17) is 4.74 Å². The van der Waals surface area contributed by atoms with Gasteiger partial charge in [-0.1, -0.05) is 30.3 Å². The first-order valence-electron chi connectivity index (χ1n) is 9.64. The minimum atomic E-state index is -3.64. The van der Waals surface area contributed by atoms with E-state index in [1.54, 1.807) is 19.9 Å². The summed E-state index contributed by atoms with van der Waals surface area (Å²) >= 11 is 0. The molecular weight excluding hydrogens is 400 g/mol. The summed E-state index contributed by atoms with van der Waals surface area (Å²) in [4.78, 5) is 12.7. The van der Waals surface area contributed by atoms with E-state index in [9.17, 15) is 13.2 Å². The first kappa shape index (κ1) is 21.8. The van der Waals surface area contributed by atoms with Crippen LogP contribution in [0.25, 0.3) is 10.8 Å². The van der Waals surface area contributed by atoms with Crippen LogP contribution in [0.15, 0.2) is 59.5 Å². The molecule has 7 heteroatoms. The average molecular weight is 427 g/mol. The summed E-state index contributed by atoms with van der Waals surface area (Å²) in [7, 11) is -0.690. The molecule has 3 rings (SSSR count). The largest absolute Gasteiger partial charge is 0.492 e. The number of fused-ring (bicyclic) bond motifs is 1. The standard InChI is InChI=1S/C23H26N2O4S/c1-16-13-20(15-22(17(16)2)30(27,28)25(3)4)23(26)24-11-12-29-21-10-9-18-7-5-6-8-19(18)14-21/h5-10,13-15H,11-12H2,1-4H3,(H,24,26). The highest BCUT2D eigenvalue weighted by atomic mass is 32.2. The number of amides is 1. The van der Waals surface area contributed by atoms with E-state index < -0.39 is 10.0 Å². The fourth-order valence-corrected chi connectivity index (χ4v) is 4.33. The Hall–Kier alpha value is -2.90. The van der Waals surface area contributed by atoms with Gasteiger partial charge in [0.15, 0.2) is 0 Å². The second kappa shape index (κ2) is 8.85. The van der Waals surface area contributed by atoms with Crippen LogP contribution in [0.3, 0.4) is 0 Å². The maximum Gasteiger partial charge on any atom is 0.251 e. The van der Waals surface area contributed by atoms with Crippen LogP contribution in [0.1, 0.15) is 21.5 Å². The zero-order valence-electron chi connectivity index (χ0n) is 17.6. The molecule has 0 bridgehead atoms. The number of sulfonamides is 1. The normalized spacial score (nSPS) is 11.6. The van der Waals surface area contributed by atoms with E-state index in [0.29, 0.717) is 24.3 Å². The summed E-state index contributed by atoms with van der Waals surface area (Å²) in [6.07, 6.45) is 0. The smallest absolute Gasteiger partial charge is 0.251 e. The number of hydrogen-bond donors (Lipinski definition) is 1. The Bertz CT molecular complexity index is 1190. The van der Waals surface area contributed by atoms with Gasteiger partial charge in [-0.15, -0.1) is 0 Å². The molecule has 0 aliphatic rings. The molecule has 0 fully saturated rings. The number of aryl methyl sites for hydroxylation is 1. The lowest BCUT2D eigenvalue weighted by molar-refractivity contribution is 0.0946. The van der Waals surface area contributed by atoms with Crippen LogP contribution in [-0.2, 0) is 10.0 Å². The van der Waals surface area contributed by atoms with Crippen LogP contribution >= 0.6 is 0 Å². The molecule has 1 N–H and O–H groups in total. The third kappa shape index (κ3) is 4.63. The third-order valence-corrected chi connectivity index (χ3v) is 6.96. The predicted molar refractivity (Wildman–Crippen MR) is 119 cm³/mol. The van der Waals surface area contributed by atoms with Gasteiger partial charge in [0.25, 0.3) is 5.91 Å². The number of nitrogens with zero attached hydrogens (tertiary/aromatic N) is 1. The molecule has 0 radical (unpaired) electrons. The molecule has 6 nitrogen and oxygen atoms in total. The molecule has 0 atom stereocenters. The second-order valence-electron chi connectivity index (χ2n) is 7.32. The number of hydrogen-bond acceptors (Lipinski definition) is 4. The Morgan fingerprint density at radius 2 is 1.70 bits per heavy atom. The lowest BCUT2D eigenvalue weighted by Crippen LogP contribution is -2.29. The van der Waals surface area contributed by atoms with Gasteiger partial charge in [-0.2, -0.15) is 0 Å². The molecule has 30 heavy (non-hydrogen) atoms. The lowest BCUT2D eigenvalue weighted by atomic mass is 10.1. The highest BCUT2D eigenvalue weighted by Gasteiger charge is 2.22. The van der Waals surface area contributed by atoms with Crippen LogP contribution in [0.2, 0.25) is 0 Å². The van der Waals surface area contributed by atoms with Gasteiger partial charge in [0.1, 0.15) is 12.4 Å². The topological polar surface area (TPSA) is 75.7 Å². The molecule has 0 saturated carbocycles. The fourth-order valence-electron chi connectivity index (χ4n) is 3.12. The minimum Gasteiger partial charge on any atom is -0.492 e. The maximum absolute atomic E-state index is 12.6. The maximum atomic E-state index is 12.6. The Balaban J connectivity index is 1.65. The monoisotopic (exact) mass is 426 g/mol. The van der Waals surface area contributed by atoms with Crippen LogP contribution < -0.4 is 10.1 Å². The summed E-state index contributed by atoms with van der Waals surface area (Å²) in [5.41, 5.74) is 1.69.